The average molecular weight is 258 g/mol. The quantitative estimate of drug-likeness (QED) is 0.917. The molecule has 100 valence electrons. The van der Waals surface area contributed by atoms with E-state index in [4.69, 9.17) is 0 Å². The lowest BCUT2D eigenvalue weighted by atomic mass is 9.98. The van der Waals surface area contributed by atoms with Crippen molar-refractivity contribution in [2.45, 2.75) is 33.7 Å². The molecule has 0 aliphatic heterocycles. The summed E-state index contributed by atoms with van der Waals surface area (Å²) in [4.78, 5) is 15.5. The lowest BCUT2D eigenvalue weighted by Gasteiger charge is -2.11. The van der Waals surface area contributed by atoms with Gasteiger partial charge >= 0.3 is 5.97 Å². The number of carboxylic acids is 1. The minimum absolute atomic E-state index is 0.371. The van der Waals surface area contributed by atoms with Gasteiger partial charge < -0.3 is 9.67 Å². The molecular formula is C15H18N2O2. The Balaban J connectivity index is 2.40. The molecule has 0 atom stereocenters. The smallest absolute Gasteiger partial charge is 0.335 e. The van der Waals surface area contributed by atoms with E-state index in [1.54, 1.807) is 12.3 Å². The van der Waals surface area contributed by atoms with Gasteiger partial charge in [-0.2, -0.15) is 0 Å². The molecule has 0 radical (unpaired) electrons. The Morgan fingerprint density at radius 2 is 2.05 bits per heavy atom. The van der Waals surface area contributed by atoms with E-state index in [9.17, 15) is 9.90 Å². The number of imidazole rings is 1. The van der Waals surface area contributed by atoms with Gasteiger partial charge in [-0.1, -0.05) is 6.07 Å². The Morgan fingerprint density at radius 3 is 2.68 bits per heavy atom. The van der Waals surface area contributed by atoms with Crippen LogP contribution in [0, 0.1) is 13.8 Å². The highest BCUT2D eigenvalue weighted by Crippen LogP contribution is 2.19. The highest BCUT2D eigenvalue weighted by molar-refractivity contribution is 5.89. The van der Waals surface area contributed by atoms with Gasteiger partial charge in [0.25, 0.3) is 0 Å². The first-order valence-corrected chi connectivity index (χ1v) is 6.36. The van der Waals surface area contributed by atoms with Crippen molar-refractivity contribution in [3.63, 3.8) is 0 Å². The Hall–Kier alpha value is -2.10. The molecule has 0 fully saturated rings. The van der Waals surface area contributed by atoms with Crippen LogP contribution in [0.3, 0.4) is 0 Å². The van der Waals surface area contributed by atoms with Crippen molar-refractivity contribution in [1.82, 2.24) is 9.55 Å². The molecule has 0 bridgehead atoms. The molecule has 1 N–H and O–H groups in total. The molecule has 0 aliphatic rings. The molecule has 0 aliphatic carbocycles. The molecule has 2 rings (SSSR count). The molecule has 1 heterocycles. The molecule has 0 unspecified atom stereocenters. The van der Waals surface area contributed by atoms with Crippen LogP contribution in [0.25, 0.3) is 0 Å². The summed E-state index contributed by atoms with van der Waals surface area (Å²) in [7, 11) is 0. The zero-order valence-electron chi connectivity index (χ0n) is 11.5. The number of carboxylic acid groups (broad SMARTS) is 1. The van der Waals surface area contributed by atoms with Crippen molar-refractivity contribution in [3.05, 3.63) is 52.6 Å². The lowest BCUT2D eigenvalue weighted by Crippen LogP contribution is -2.06. The topological polar surface area (TPSA) is 55.1 Å². The van der Waals surface area contributed by atoms with Crippen LogP contribution in [0.15, 0.2) is 24.5 Å². The van der Waals surface area contributed by atoms with Crippen molar-refractivity contribution in [1.29, 1.82) is 0 Å². The van der Waals surface area contributed by atoms with E-state index in [1.807, 2.05) is 26.1 Å². The number of aromatic carboxylic acids is 1. The van der Waals surface area contributed by atoms with Crippen molar-refractivity contribution in [2.24, 2.45) is 0 Å². The number of aryl methyl sites for hydroxylation is 3. The number of hydrogen-bond acceptors (Lipinski definition) is 2. The van der Waals surface area contributed by atoms with Gasteiger partial charge in [-0.3, -0.25) is 0 Å². The zero-order valence-corrected chi connectivity index (χ0v) is 11.5. The first kappa shape index (κ1) is 13.3. The molecule has 0 amide bonds. The maximum absolute atomic E-state index is 11.2. The van der Waals surface area contributed by atoms with Crippen LogP contribution in [0.2, 0.25) is 0 Å². The van der Waals surface area contributed by atoms with E-state index < -0.39 is 5.97 Å². The lowest BCUT2D eigenvalue weighted by molar-refractivity contribution is 0.0696. The van der Waals surface area contributed by atoms with E-state index in [2.05, 4.69) is 16.5 Å². The third-order valence-electron chi connectivity index (χ3n) is 3.40. The van der Waals surface area contributed by atoms with Gasteiger partial charge in [0.15, 0.2) is 0 Å². The summed E-state index contributed by atoms with van der Waals surface area (Å²) in [6.07, 6.45) is 4.38. The molecule has 2 aromatic rings. The number of nitrogens with zero attached hydrogens (tertiary/aromatic N) is 2. The normalized spacial score (nSPS) is 10.7. The fraction of sp³-hybridized carbons (Fsp3) is 0.333. The maximum Gasteiger partial charge on any atom is 0.335 e. The summed E-state index contributed by atoms with van der Waals surface area (Å²) >= 11 is 0. The van der Waals surface area contributed by atoms with E-state index in [1.165, 1.54) is 0 Å². The van der Waals surface area contributed by atoms with Crippen molar-refractivity contribution >= 4 is 5.97 Å². The van der Waals surface area contributed by atoms with Crippen molar-refractivity contribution in [3.8, 4) is 0 Å². The highest BCUT2D eigenvalue weighted by Gasteiger charge is 2.12. The van der Waals surface area contributed by atoms with Crippen LogP contribution in [-0.2, 0) is 13.0 Å². The summed E-state index contributed by atoms with van der Waals surface area (Å²) in [5.41, 5.74) is 3.29. The van der Waals surface area contributed by atoms with Crippen molar-refractivity contribution < 1.29 is 9.90 Å². The van der Waals surface area contributed by atoms with Gasteiger partial charge in [-0.15, -0.1) is 0 Å². The highest BCUT2D eigenvalue weighted by atomic mass is 16.4. The van der Waals surface area contributed by atoms with E-state index in [0.717, 1.165) is 29.1 Å². The van der Waals surface area contributed by atoms with E-state index in [-0.39, 0.29) is 0 Å². The minimum atomic E-state index is -0.877. The number of benzene rings is 1. The molecular weight excluding hydrogens is 240 g/mol. The molecule has 0 spiro atoms. The second-order valence-corrected chi connectivity index (χ2v) is 4.71. The summed E-state index contributed by atoms with van der Waals surface area (Å²) in [6, 6.07) is 3.69. The minimum Gasteiger partial charge on any atom is -0.478 e. The molecule has 4 heteroatoms. The molecule has 1 aromatic heterocycles. The predicted octanol–water partition coefficient (Wildman–Crippen LogP) is 2.81. The van der Waals surface area contributed by atoms with Crippen LogP contribution >= 0.6 is 0 Å². The van der Waals surface area contributed by atoms with Crippen LogP contribution in [-0.4, -0.2) is 20.6 Å². The Bertz CT molecular complexity index is 615. The zero-order chi connectivity index (χ0) is 14.0. The fourth-order valence-electron chi connectivity index (χ4n) is 2.28. The Morgan fingerprint density at radius 1 is 1.32 bits per heavy atom. The van der Waals surface area contributed by atoms with E-state index >= 15 is 0 Å². The maximum atomic E-state index is 11.2. The SMILES string of the molecule is CCn1ccnc1Cc1cc(C(=O)O)c(C)cc1C. The largest absolute Gasteiger partial charge is 0.478 e. The first-order valence-electron chi connectivity index (χ1n) is 6.36. The van der Waals surface area contributed by atoms with Crippen LogP contribution in [0.4, 0.5) is 0 Å². The number of carbonyl (C=O) groups is 1. The van der Waals surface area contributed by atoms with Gasteiger partial charge in [0, 0.05) is 25.4 Å². The number of aromatic nitrogens is 2. The van der Waals surface area contributed by atoms with Crippen LogP contribution in [0.5, 0.6) is 0 Å². The predicted molar refractivity (Wildman–Crippen MR) is 73.6 cm³/mol. The number of rotatable bonds is 4. The molecule has 4 nitrogen and oxygen atoms in total. The van der Waals surface area contributed by atoms with Gasteiger partial charge in [-0.25, -0.2) is 9.78 Å². The third kappa shape index (κ3) is 2.67. The second-order valence-electron chi connectivity index (χ2n) is 4.71. The summed E-state index contributed by atoms with van der Waals surface area (Å²) in [5.74, 6) is 0.0865. The molecule has 0 saturated carbocycles. The molecule has 19 heavy (non-hydrogen) atoms. The summed E-state index contributed by atoms with van der Waals surface area (Å²) in [5, 5.41) is 9.19. The molecule has 1 aromatic carbocycles. The first-order chi connectivity index (χ1) is 9.02. The van der Waals surface area contributed by atoms with Crippen molar-refractivity contribution in [2.75, 3.05) is 0 Å². The van der Waals surface area contributed by atoms with Gasteiger partial charge in [0.05, 0.1) is 5.56 Å². The fourth-order valence-corrected chi connectivity index (χ4v) is 2.28. The monoisotopic (exact) mass is 258 g/mol. The van der Waals surface area contributed by atoms with Gasteiger partial charge in [0.2, 0.25) is 0 Å². The summed E-state index contributed by atoms with van der Waals surface area (Å²) in [6.45, 7) is 6.77. The number of hydrogen-bond donors (Lipinski definition) is 1. The average Bonchev–Trinajstić information content (AvgIpc) is 2.79. The van der Waals surface area contributed by atoms with Crippen LogP contribution in [0.1, 0.15) is 39.8 Å². The van der Waals surface area contributed by atoms with Gasteiger partial charge in [0.1, 0.15) is 5.82 Å². The molecule has 0 saturated heterocycles. The third-order valence-corrected chi connectivity index (χ3v) is 3.40. The standard InChI is InChI=1S/C15H18N2O2/c1-4-17-6-5-16-14(17)9-12-8-13(15(18)19)11(3)7-10(12)2/h5-8H,4,9H2,1-3H3,(H,18,19). The van der Waals surface area contributed by atoms with Crippen LogP contribution < -0.4 is 0 Å². The van der Waals surface area contributed by atoms with Gasteiger partial charge in [-0.05, 0) is 43.5 Å². The van der Waals surface area contributed by atoms with E-state index in [0.29, 0.717) is 12.0 Å². The Kier molecular flexibility index (Phi) is 3.69. The second kappa shape index (κ2) is 5.26. The summed E-state index contributed by atoms with van der Waals surface area (Å²) < 4.78 is 2.07. The Labute approximate surface area is 112 Å².